The lowest BCUT2D eigenvalue weighted by atomic mass is 10.2. The van der Waals surface area contributed by atoms with Gasteiger partial charge < -0.3 is 10.1 Å². The Morgan fingerprint density at radius 2 is 2.17 bits per heavy atom. The molecule has 2 N–H and O–H groups in total. The first kappa shape index (κ1) is 14.2. The summed E-state index contributed by atoms with van der Waals surface area (Å²) in [4.78, 5) is 0. The molecule has 0 aliphatic carbocycles. The zero-order valence-corrected chi connectivity index (χ0v) is 11.2. The summed E-state index contributed by atoms with van der Waals surface area (Å²) in [5.74, 6) is 0.853. The van der Waals surface area contributed by atoms with E-state index in [2.05, 4.69) is 22.4 Å². The van der Waals surface area contributed by atoms with Crippen LogP contribution in [0.4, 0.5) is 0 Å². The molecule has 0 aromatic heterocycles. The Morgan fingerprint density at radius 1 is 1.44 bits per heavy atom. The summed E-state index contributed by atoms with van der Waals surface area (Å²) in [6.07, 6.45) is 3.42. The van der Waals surface area contributed by atoms with Crippen molar-refractivity contribution in [2.24, 2.45) is 5.10 Å². The van der Waals surface area contributed by atoms with Crippen molar-refractivity contribution in [1.82, 2.24) is 10.7 Å². The van der Waals surface area contributed by atoms with Crippen LogP contribution < -0.4 is 15.5 Å². The molecule has 0 atom stereocenters. The van der Waals surface area contributed by atoms with Crippen LogP contribution in [0.5, 0.6) is 5.75 Å². The number of nitrogens with zero attached hydrogens (tertiary/aromatic N) is 1. The largest absolute Gasteiger partial charge is 0.494 e. The first-order valence-electron chi connectivity index (χ1n) is 5.67. The first-order valence-corrected chi connectivity index (χ1v) is 6.07. The SMILES string of the molecule is C=CCNC(=S)N/N=C\c1ccc(OCC)cc1. The molecule has 18 heavy (non-hydrogen) atoms. The average Bonchev–Trinajstić information content (AvgIpc) is 2.39. The molecule has 0 saturated carbocycles. The Labute approximate surface area is 113 Å². The van der Waals surface area contributed by atoms with Gasteiger partial charge in [0.15, 0.2) is 5.11 Å². The van der Waals surface area contributed by atoms with Gasteiger partial charge in [0.1, 0.15) is 5.75 Å². The van der Waals surface area contributed by atoms with Crippen LogP contribution in [-0.4, -0.2) is 24.5 Å². The predicted octanol–water partition coefficient (Wildman–Crippen LogP) is 2.07. The van der Waals surface area contributed by atoms with Gasteiger partial charge in [-0.3, -0.25) is 5.43 Å². The maximum Gasteiger partial charge on any atom is 0.187 e. The van der Waals surface area contributed by atoms with Gasteiger partial charge in [-0.15, -0.1) is 6.58 Å². The summed E-state index contributed by atoms with van der Waals surface area (Å²) in [5, 5.41) is 7.40. The number of hydrogen-bond acceptors (Lipinski definition) is 3. The molecule has 0 aliphatic heterocycles. The normalized spacial score (nSPS) is 10.1. The molecule has 1 rings (SSSR count). The van der Waals surface area contributed by atoms with E-state index in [4.69, 9.17) is 17.0 Å². The van der Waals surface area contributed by atoms with Crippen molar-refractivity contribution in [3.8, 4) is 5.75 Å². The van der Waals surface area contributed by atoms with Crippen LogP contribution in [0.1, 0.15) is 12.5 Å². The summed E-state index contributed by atoms with van der Waals surface area (Å²) in [6, 6.07) is 7.66. The molecule has 0 spiro atoms. The molecule has 0 unspecified atom stereocenters. The van der Waals surface area contributed by atoms with Crippen LogP contribution in [0.2, 0.25) is 0 Å². The quantitative estimate of drug-likeness (QED) is 0.357. The fourth-order valence-corrected chi connectivity index (χ4v) is 1.32. The van der Waals surface area contributed by atoms with E-state index in [0.29, 0.717) is 18.3 Å². The zero-order chi connectivity index (χ0) is 13.2. The van der Waals surface area contributed by atoms with Crippen molar-refractivity contribution in [2.45, 2.75) is 6.92 Å². The molecule has 0 saturated heterocycles. The van der Waals surface area contributed by atoms with Crippen LogP contribution in [0.3, 0.4) is 0 Å². The number of benzene rings is 1. The minimum Gasteiger partial charge on any atom is -0.494 e. The molecule has 1 aromatic carbocycles. The van der Waals surface area contributed by atoms with Gasteiger partial charge in [0.2, 0.25) is 0 Å². The van der Waals surface area contributed by atoms with Gasteiger partial charge in [0, 0.05) is 6.54 Å². The van der Waals surface area contributed by atoms with Gasteiger partial charge >= 0.3 is 0 Å². The van der Waals surface area contributed by atoms with E-state index in [1.807, 2.05) is 31.2 Å². The van der Waals surface area contributed by atoms with E-state index in [9.17, 15) is 0 Å². The number of ether oxygens (including phenoxy) is 1. The number of rotatable bonds is 6. The third-order valence-electron chi connectivity index (χ3n) is 1.98. The standard InChI is InChI=1S/C13H17N3OS/c1-3-9-14-13(18)16-15-10-11-5-7-12(8-6-11)17-4-2/h3,5-8,10H,1,4,9H2,2H3,(H2,14,16,18)/b15-10-. The highest BCUT2D eigenvalue weighted by Crippen LogP contribution is 2.10. The Hall–Kier alpha value is -1.88. The Balaban J connectivity index is 2.41. The molecule has 0 bridgehead atoms. The van der Waals surface area contributed by atoms with Crippen molar-refractivity contribution in [3.63, 3.8) is 0 Å². The van der Waals surface area contributed by atoms with Gasteiger partial charge in [0.05, 0.1) is 12.8 Å². The fourth-order valence-electron chi connectivity index (χ4n) is 1.19. The maximum absolute atomic E-state index is 5.35. The minimum atomic E-state index is 0.470. The summed E-state index contributed by atoms with van der Waals surface area (Å²) in [6.45, 7) is 6.82. The van der Waals surface area contributed by atoms with E-state index in [1.54, 1.807) is 12.3 Å². The van der Waals surface area contributed by atoms with Crippen LogP contribution in [0.15, 0.2) is 42.0 Å². The first-order chi connectivity index (χ1) is 8.76. The number of hydrazone groups is 1. The van der Waals surface area contributed by atoms with Crippen molar-refractivity contribution in [3.05, 3.63) is 42.5 Å². The van der Waals surface area contributed by atoms with Gasteiger partial charge in [-0.2, -0.15) is 5.10 Å². The smallest absolute Gasteiger partial charge is 0.187 e. The third kappa shape index (κ3) is 5.45. The van der Waals surface area contributed by atoms with Crippen molar-refractivity contribution in [1.29, 1.82) is 0 Å². The van der Waals surface area contributed by atoms with Gasteiger partial charge in [-0.1, -0.05) is 6.08 Å². The number of hydrogen-bond donors (Lipinski definition) is 2. The van der Waals surface area contributed by atoms with E-state index in [1.165, 1.54) is 0 Å². The summed E-state index contributed by atoms with van der Waals surface area (Å²) < 4.78 is 5.35. The zero-order valence-electron chi connectivity index (χ0n) is 10.3. The number of thiocarbonyl (C=S) groups is 1. The lowest BCUT2D eigenvalue weighted by Crippen LogP contribution is -2.31. The molecule has 4 nitrogen and oxygen atoms in total. The molecule has 5 heteroatoms. The second kappa shape index (κ2) is 8.25. The molecule has 0 fully saturated rings. The van der Waals surface area contributed by atoms with E-state index in [-0.39, 0.29) is 0 Å². The topological polar surface area (TPSA) is 45.7 Å². The van der Waals surface area contributed by atoms with Gasteiger partial charge in [-0.25, -0.2) is 0 Å². The highest BCUT2D eigenvalue weighted by molar-refractivity contribution is 7.80. The van der Waals surface area contributed by atoms with Gasteiger partial charge in [-0.05, 0) is 49.0 Å². The second-order valence-electron chi connectivity index (χ2n) is 3.37. The van der Waals surface area contributed by atoms with Gasteiger partial charge in [0.25, 0.3) is 0 Å². The maximum atomic E-state index is 5.35. The lowest BCUT2D eigenvalue weighted by molar-refractivity contribution is 0.340. The van der Waals surface area contributed by atoms with Crippen molar-refractivity contribution < 1.29 is 4.74 Å². The molecule has 0 amide bonds. The minimum absolute atomic E-state index is 0.470. The fraction of sp³-hybridized carbons (Fsp3) is 0.231. The highest BCUT2D eigenvalue weighted by Gasteiger charge is 1.92. The third-order valence-corrected chi connectivity index (χ3v) is 2.21. The Bertz CT molecular complexity index is 415. The molecule has 1 aromatic rings. The number of nitrogens with one attached hydrogen (secondary N) is 2. The molecule has 0 aliphatic rings. The Kier molecular flexibility index (Phi) is 6.50. The van der Waals surface area contributed by atoms with Crippen LogP contribution in [-0.2, 0) is 0 Å². The van der Waals surface area contributed by atoms with E-state index < -0.39 is 0 Å². The Morgan fingerprint density at radius 3 is 2.78 bits per heavy atom. The van der Waals surface area contributed by atoms with E-state index >= 15 is 0 Å². The van der Waals surface area contributed by atoms with Crippen LogP contribution >= 0.6 is 12.2 Å². The van der Waals surface area contributed by atoms with Crippen molar-refractivity contribution in [2.75, 3.05) is 13.2 Å². The summed E-state index contributed by atoms with van der Waals surface area (Å²) in [7, 11) is 0. The highest BCUT2D eigenvalue weighted by atomic mass is 32.1. The van der Waals surface area contributed by atoms with Crippen molar-refractivity contribution >= 4 is 23.5 Å². The molecule has 0 heterocycles. The molecule has 96 valence electrons. The van der Waals surface area contributed by atoms with E-state index in [0.717, 1.165) is 11.3 Å². The monoisotopic (exact) mass is 263 g/mol. The predicted molar refractivity (Wildman–Crippen MR) is 79.1 cm³/mol. The summed E-state index contributed by atoms with van der Waals surface area (Å²) >= 11 is 4.99. The second-order valence-corrected chi connectivity index (χ2v) is 3.78. The summed E-state index contributed by atoms with van der Waals surface area (Å²) in [5.41, 5.74) is 3.69. The lowest BCUT2D eigenvalue weighted by Gasteiger charge is -2.04. The molecular weight excluding hydrogens is 246 g/mol. The van der Waals surface area contributed by atoms with Crippen LogP contribution in [0, 0.1) is 0 Å². The average molecular weight is 263 g/mol. The molecule has 0 radical (unpaired) electrons. The van der Waals surface area contributed by atoms with Crippen LogP contribution in [0.25, 0.3) is 0 Å². The molecular formula is C13H17N3OS.